The van der Waals surface area contributed by atoms with Crippen LogP contribution >= 0.6 is 0 Å². The fraction of sp³-hybridized carbons (Fsp3) is 0. The van der Waals surface area contributed by atoms with Crippen LogP contribution in [0, 0.1) is 0 Å². The van der Waals surface area contributed by atoms with Crippen molar-refractivity contribution in [2.24, 2.45) is 0 Å². The topological polar surface area (TPSA) is 77.3 Å². The minimum absolute atomic E-state index is 0.203. The van der Waals surface area contributed by atoms with Gasteiger partial charge in [-0.15, -0.1) is 0 Å². The highest BCUT2D eigenvalue weighted by molar-refractivity contribution is 6.00. The molecule has 3 heterocycles. The largest absolute Gasteiger partial charge is 0.346 e. The van der Waals surface area contributed by atoms with E-state index >= 15 is 0 Å². The number of fused-ring (bicyclic) bond motifs is 3. The molecule has 3 aromatic rings. The lowest BCUT2D eigenvalue weighted by Crippen LogP contribution is -1.99. The number of imidazole rings is 1. The molecule has 0 aliphatic carbocycles. The van der Waals surface area contributed by atoms with Crippen molar-refractivity contribution >= 4 is 22.1 Å². The summed E-state index contributed by atoms with van der Waals surface area (Å²) in [6.45, 7) is 0. The molecular weight excluding hydrogens is 168 g/mol. The zero-order valence-corrected chi connectivity index (χ0v) is 6.59. The lowest BCUT2D eigenvalue weighted by atomic mass is 10.3. The molecule has 0 aromatic carbocycles. The van der Waals surface area contributed by atoms with Crippen molar-refractivity contribution in [1.82, 2.24) is 19.9 Å². The van der Waals surface area contributed by atoms with Crippen molar-refractivity contribution in [3.63, 3.8) is 0 Å². The number of nitrogens with zero attached hydrogens (tertiary/aromatic N) is 1. The molecule has 0 atom stereocenters. The van der Waals surface area contributed by atoms with Crippen LogP contribution < -0.4 is 5.69 Å². The molecule has 0 fully saturated rings. The molecule has 3 N–H and O–H groups in total. The number of pyridine rings is 1. The molecule has 3 aromatic heterocycles. The molecule has 0 radical (unpaired) electrons. The van der Waals surface area contributed by atoms with Crippen molar-refractivity contribution in [1.29, 1.82) is 0 Å². The fourth-order valence-electron chi connectivity index (χ4n) is 1.50. The zero-order valence-electron chi connectivity index (χ0n) is 6.59. The summed E-state index contributed by atoms with van der Waals surface area (Å²) in [6.07, 6.45) is 3.43. The second kappa shape index (κ2) is 2.01. The Balaban J connectivity index is 2.71. The SMILES string of the molecule is O=c1[nH]c2cnc3[nH]ccc3c2[nH]1. The van der Waals surface area contributed by atoms with Gasteiger partial charge < -0.3 is 15.0 Å². The molecule has 3 rings (SSSR count). The predicted octanol–water partition coefficient (Wildman–Crippen LogP) is 0.732. The van der Waals surface area contributed by atoms with Crippen LogP contribution in [0.3, 0.4) is 0 Å². The molecular formula is C8H6N4O. The van der Waals surface area contributed by atoms with E-state index < -0.39 is 0 Å². The van der Waals surface area contributed by atoms with E-state index in [2.05, 4.69) is 19.9 Å². The summed E-state index contributed by atoms with van der Waals surface area (Å²) in [7, 11) is 0. The molecule has 0 amide bonds. The summed E-state index contributed by atoms with van der Waals surface area (Å²) >= 11 is 0. The number of rotatable bonds is 0. The molecule has 5 heteroatoms. The maximum Gasteiger partial charge on any atom is 0.323 e. The van der Waals surface area contributed by atoms with Gasteiger partial charge >= 0.3 is 5.69 Å². The van der Waals surface area contributed by atoms with Gasteiger partial charge in [0.25, 0.3) is 0 Å². The molecule has 0 aliphatic heterocycles. The highest BCUT2D eigenvalue weighted by Crippen LogP contribution is 2.17. The van der Waals surface area contributed by atoms with Crippen LogP contribution in [0.15, 0.2) is 23.3 Å². The number of hydrogen-bond acceptors (Lipinski definition) is 2. The number of H-pyrrole nitrogens is 3. The third kappa shape index (κ3) is 0.752. The first kappa shape index (κ1) is 6.47. The Morgan fingerprint density at radius 2 is 2.23 bits per heavy atom. The summed E-state index contributed by atoms with van der Waals surface area (Å²) in [5.74, 6) is 0. The maximum atomic E-state index is 11.0. The number of nitrogens with one attached hydrogen (secondary N) is 3. The van der Waals surface area contributed by atoms with Crippen molar-refractivity contribution in [2.45, 2.75) is 0 Å². The van der Waals surface area contributed by atoms with Gasteiger partial charge in [0.05, 0.1) is 17.2 Å². The number of aromatic nitrogens is 4. The lowest BCUT2D eigenvalue weighted by molar-refractivity contribution is 1.21. The summed E-state index contributed by atoms with van der Waals surface area (Å²) in [5.41, 5.74) is 2.11. The summed E-state index contributed by atoms with van der Waals surface area (Å²) in [5, 5.41) is 0.927. The number of hydrogen-bond donors (Lipinski definition) is 3. The van der Waals surface area contributed by atoms with Gasteiger partial charge in [-0.25, -0.2) is 9.78 Å². The van der Waals surface area contributed by atoms with Crippen molar-refractivity contribution in [3.8, 4) is 0 Å². The van der Waals surface area contributed by atoms with E-state index in [0.717, 1.165) is 22.1 Å². The molecule has 0 unspecified atom stereocenters. The normalized spacial score (nSPS) is 11.4. The average molecular weight is 174 g/mol. The maximum absolute atomic E-state index is 11.0. The van der Waals surface area contributed by atoms with Crippen molar-refractivity contribution in [3.05, 3.63) is 28.9 Å². The summed E-state index contributed by atoms with van der Waals surface area (Å²) < 4.78 is 0. The Kier molecular flexibility index (Phi) is 0.999. The Morgan fingerprint density at radius 1 is 1.31 bits per heavy atom. The van der Waals surface area contributed by atoms with Gasteiger partial charge in [0, 0.05) is 11.6 Å². The van der Waals surface area contributed by atoms with Gasteiger partial charge in [-0.05, 0) is 6.07 Å². The van der Waals surface area contributed by atoms with E-state index in [-0.39, 0.29) is 5.69 Å². The van der Waals surface area contributed by atoms with E-state index in [1.54, 1.807) is 12.4 Å². The lowest BCUT2D eigenvalue weighted by Gasteiger charge is -1.89. The van der Waals surface area contributed by atoms with Crippen LogP contribution in [0.1, 0.15) is 0 Å². The molecule has 0 saturated heterocycles. The van der Waals surface area contributed by atoms with E-state index in [4.69, 9.17) is 0 Å². The van der Waals surface area contributed by atoms with E-state index in [0.29, 0.717) is 0 Å². The van der Waals surface area contributed by atoms with Gasteiger partial charge in [0.15, 0.2) is 0 Å². The van der Waals surface area contributed by atoms with E-state index in [9.17, 15) is 4.79 Å². The van der Waals surface area contributed by atoms with E-state index in [1.165, 1.54) is 0 Å². The minimum atomic E-state index is -0.203. The summed E-state index contributed by atoms with van der Waals surface area (Å²) in [4.78, 5) is 23.5. The quantitative estimate of drug-likeness (QED) is 0.470. The van der Waals surface area contributed by atoms with Gasteiger partial charge in [0.1, 0.15) is 5.65 Å². The Hall–Kier alpha value is -2.04. The van der Waals surface area contributed by atoms with Gasteiger partial charge in [-0.2, -0.15) is 0 Å². The van der Waals surface area contributed by atoms with E-state index in [1.807, 2.05) is 6.07 Å². The van der Waals surface area contributed by atoms with Crippen LogP contribution in [0.5, 0.6) is 0 Å². The summed E-state index contributed by atoms with van der Waals surface area (Å²) in [6, 6.07) is 1.88. The highest BCUT2D eigenvalue weighted by atomic mass is 16.1. The first-order valence-electron chi connectivity index (χ1n) is 3.89. The smallest absolute Gasteiger partial charge is 0.323 e. The second-order valence-corrected chi connectivity index (χ2v) is 2.87. The van der Waals surface area contributed by atoms with Crippen LogP contribution in [-0.2, 0) is 0 Å². The molecule has 0 spiro atoms. The van der Waals surface area contributed by atoms with Crippen LogP contribution in [0.25, 0.3) is 22.1 Å². The standard InChI is InChI=1S/C8H6N4O/c13-8-11-5-3-10-7-4(1-2-9-7)6(5)12-8/h1-3H,(H,9,10)(H2,11,12,13). The van der Waals surface area contributed by atoms with Crippen LogP contribution in [-0.4, -0.2) is 19.9 Å². The first-order chi connectivity index (χ1) is 6.34. The third-order valence-electron chi connectivity index (χ3n) is 2.07. The molecule has 0 bridgehead atoms. The van der Waals surface area contributed by atoms with Crippen molar-refractivity contribution in [2.75, 3.05) is 0 Å². The zero-order chi connectivity index (χ0) is 8.84. The minimum Gasteiger partial charge on any atom is -0.346 e. The Morgan fingerprint density at radius 3 is 3.15 bits per heavy atom. The fourth-order valence-corrected chi connectivity index (χ4v) is 1.50. The molecule has 64 valence electrons. The third-order valence-corrected chi connectivity index (χ3v) is 2.07. The number of aromatic amines is 3. The monoisotopic (exact) mass is 174 g/mol. The Bertz CT molecular complexity index is 630. The van der Waals surface area contributed by atoms with Gasteiger partial charge in [-0.1, -0.05) is 0 Å². The Labute approximate surface area is 71.8 Å². The van der Waals surface area contributed by atoms with Crippen molar-refractivity contribution < 1.29 is 0 Å². The van der Waals surface area contributed by atoms with Gasteiger partial charge in [0.2, 0.25) is 0 Å². The average Bonchev–Trinajstić information content (AvgIpc) is 2.65. The van der Waals surface area contributed by atoms with Crippen LogP contribution in [0.2, 0.25) is 0 Å². The second-order valence-electron chi connectivity index (χ2n) is 2.87. The highest BCUT2D eigenvalue weighted by Gasteiger charge is 2.04. The molecule has 0 aliphatic rings. The first-order valence-corrected chi connectivity index (χ1v) is 3.89. The van der Waals surface area contributed by atoms with Gasteiger partial charge in [-0.3, -0.25) is 0 Å². The molecule has 13 heavy (non-hydrogen) atoms. The molecule has 0 saturated carbocycles. The van der Waals surface area contributed by atoms with Crippen LogP contribution in [0.4, 0.5) is 0 Å². The molecule has 5 nitrogen and oxygen atoms in total. The predicted molar refractivity (Wildman–Crippen MR) is 48.6 cm³/mol.